The zero-order valence-corrected chi connectivity index (χ0v) is 17.3. The summed E-state index contributed by atoms with van der Waals surface area (Å²) in [7, 11) is 0. The van der Waals surface area contributed by atoms with Gasteiger partial charge in [0.1, 0.15) is 12.2 Å². The Morgan fingerprint density at radius 2 is 1.40 bits per heavy atom. The van der Waals surface area contributed by atoms with Gasteiger partial charge in [0.25, 0.3) is 0 Å². The van der Waals surface area contributed by atoms with Crippen LogP contribution in [0.15, 0.2) is 0 Å². The van der Waals surface area contributed by atoms with Gasteiger partial charge in [-0.25, -0.2) is 4.79 Å². The predicted molar refractivity (Wildman–Crippen MR) is 104 cm³/mol. The maximum atomic E-state index is 11.3. The second kappa shape index (κ2) is 14.5. The molecule has 4 nitrogen and oxygen atoms in total. The Kier molecular flexibility index (Phi) is 14.2. The van der Waals surface area contributed by atoms with Crippen LogP contribution >= 0.6 is 0 Å². The predicted octanol–water partition coefficient (Wildman–Crippen LogP) is 5.41. The van der Waals surface area contributed by atoms with Crippen molar-refractivity contribution in [2.24, 2.45) is 0 Å². The number of esters is 1. The van der Waals surface area contributed by atoms with Crippen LogP contribution in [0.2, 0.25) is 0 Å². The molecule has 150 valence electrons. The highest BCUT2D eigenvalue weighted by Gasteiger charge is 2.21. The smallest absolute Gasteiger partial charge is 0.335 e. The summed E-state index contributed by atoms with van der Waals surface area (Å²) in [6, 6.07) is 0. The van der Waals surface area contributed by atoms with E-state index < -0.39 is 12.1 Å². The van der Waals surface area contributed by atoms with E-state index in [2.05, 4.69) is 20.8 Å². The van der Waals surface area contributed by atoms with Gasteiger partial charge in [-0.1, -0.05) is 71.1 Å². The highest BCUT2D eigenvalue weighted by atomic mass is 16.6. The fourth-order valence-electron chi connectivity index (χ4n) is 2.78. The lowest BCUT2D eigenvalue weighted by Crippen LogP contribution is -2.32. The summed E-state index contributed by atoms with van der Waals surface area (Å²) in [5, 5.41) is 9.14. The van der Waals surface area contributed by atoms with Crippen molar-refractivity contribution in [1.82, 2.24) is 0 Å². The minimum Gasteiger partial charge on any atom is -0.458 e. The number of hydrogen-bond donors (Lipinski definition) is 1. The van der Waals surface area contributed by atoms with Crippen LogP contribution in [0.5, 0.6) is 0 Å². The largest absolute Gasteiger partial charge is 0.458 e. The second-order valence-electron chi connectivity index (χ2n) is 7.93. The molecule has 0 rings (SSSR count). The standard InChI is InChI=1S/C21H42O4/c1-6-7-8-9-10-11-12-13-14-15-16-21(4,5)24-17-18(2)25-20(23)19(3)22/h18-19,22H,6-17H2,1-5H3/t18?,19-/m0/s1. The molecule has 4 heteroatoms. The first-order chi connectivity index (χ1) is 11.8. The van der Waals surface area contributed by atoms with Gasteiger partial charge in [-0.3, -0.25) is 0 Å². The molecule has 1 N–H and O–H groups in total. The molecule has 0 aliphatic heterocycles. The Labute approximate surface area is 155 Å². The minimum absolute atomic E-state index is 0.203. The zero-order chi connectivity index (χ0) is 19.1. The highest BCUT2D eigenvalue weighted by molar-refractivity contribution is 5.73. The third-order valence-electron chi connectivity index (χ3n) is 4.50. The van der Waals surface area contributed by atoms with Crippen LogP contribution in [0.25, 0.3) is 0 Å². The van der Waals surface area contributed by atoms with Gasteiger partial charge in [0.15, 0.2) is 0 Å². The van der Waals surface area contributed by atoms with E-state index in [0.29, 0.717) is 6.61 Å². The van der Waals surface area contributed by atoms with Crippen molar-refractivity contribution < 1.29 is 19.4 Å². The molecule has 0 aromatic rings. The average molecular weight is 359 g/mol. The third-order valence-corrected chi connectivity index (χ3v) is 4.50. The Hall–Kier alpha value is -0.610. The quantitative estimate of drug-likeness (QED) is 0.296. The highest BCUT2D eigenvalue weighted by Crippen LogP contribution is 2.20. The van der Waals surface area contributed by atoms with Gasteiger partial charge in [0.05, 0.1) is 12.2 Å². The van der Waals surface area contributed by atoms with Gasteiger partial charge < -0.3 is 14.6 Å². The number of unbranched alkanes of at least 4 members (excludes halogenated alkanes) is 9. The van der Waals surface area contributed by atoms with Crippen LogP contribution < -0.4 is 0 Å². The van der Waals surface area contributed by atoms with Crippen molar-refractivity contribution >= 4 is 5.97 Å². The fraction of sp³-hybridized carbons (Fsp3) is 0.952. The molecule has 25 heavy (non-hydrogen) atoms. The molecule has 1 unspecified atom stereocenters. The zero-order valence-electron chi connectivity index (χ0n) is 17.3. The van der Waals surface area contributed by atoms with Crippen molar-refractivity contribution in [3.05, 3.63) is 0 Å². The van der Waals surface area contributed by atoms with Gasteiger partial charge in [0, 0.05) is 0 Å². The van der Waals surface area contributed by atoms with Gasteiger partial charge >= 0.3 is 5.97 Å². The van der Waals surface area contributed by atoms with E-state index >= 15 is 0 Å². The van der Waals surface area contributed by atoms with Gasteiger partial charge in [0.2, 0.25) is 0 Å². The third kappa shape index (κ3) is 15.4. The van der Waals surface area contributed by atoms with E-state index in [0.717, 1.165) is 6.42 Å². The topological polar surface area (TPSA) is 55.8 Å². The molecule has 0 heterocycles. The monoisotopic (exact) mass is 358 g/mol. The van der Waals surface area contributed by atoms with E-state index in [1.165, 1.54) is 71.1 Å². The number of carbonyl (C=O) groups is 1. The number of rotatable bonds is 16. The first-order valence-corrected chi connectivity index (χ1v) is 10.3. The van der Waals surface area contributed by atoms with E-state index in [1.54, 1.807) is 6.92 Å². The van der Waals surface area contributed by atoms with Crippen LogP contribution in [0, 0.1) is 0 Å². The van der Waals surface area contributed by atoms with Crippen molar-refractivity contribution in [2.75, 3.05) is 6.61 Å². The van der Waals surface area contributed by atoms with E-state index in [1.807, 2.05) is 0 Å². The molecule has 0 saturated heterocycles. The SMILES string of the molecule is CCCCCCCCCCCCC(C)(C)OCC(C)OC(=O)[C@H](C)O. The number of aliphatic hydroxyl groups excluding tert-OH is 1. The average Bonchev–Trinajstić information content (AvgIpc) is 2.54. The summed E-state index contributed by atoms with van der Waals surface area (Å²) in [6.07, 6.45) is 12.9. The maximum Gasteiger partial charge on any atom is 0.335 e. The molecule has 0 saturated carbocycles. The molecule has 0 bridgehead atoms. The lowest BCUT2D eigenvalue weighted by Gasteiger charge is -2.27. The first-order valence-electron chi connectivity index (χ1n) is 10.3. The number of ether oxygens (including phenoxy) is 2. The Bertz CT molecular complexity index is 326. The van der Waals surface area contributed by atoms with Crippen molar-refractivity contribution in [2.45, 2.75) is 123 Å². The maximum absolute atomic E-state index is 11.3. The summed E-state index contributed by atoms with van der Waals surface area (Å²) in [4.78, 5) is 11.3. The van der Waals surface area contributed by atoms with Crippen LogP contribution in [-0.4, -0.2) is 35.5 Å². The molecule has 2 atom stereocenters. The van der Waals surface area contributed by atoms with Gasteiger partial charge in [-0.2, -0.15) is 0 Å². The van der Waals surface area contributed by atoms with Crippen LogP contribution in [0.3, 0.4) is 0 Å². The molecule has 0 aromatic heterocycles. The van der Waals surface area contributed by atoms with Crippen LogP contribution in [0.4, 0.5) is 0 Å². The van der Waals surface area contributed by atoms with Crippen LogP contribution in [-0.2, 0) is 14.3 Å². The Balaban J connectivity index is 3.62. The van der Waals surface area contributed by atoms with Gasteiger partial charge in [-0.05, 0) is 34.1 Å². The van der Waals surface area contributed by atoms with E-state index in [4.69, 9.17) is 14.6 Å². The Morgan fingerprint density at radius 3 is 1.88 bits per heavy atom. The van der Waals surface area contributed by atoms with Crippen molar-refractivity contribution in [3.8, 4) is 0 Å². The van der Waals surface area contributed by atoms with Gasteiger partial charge in [-0.15, -0.1) is 0 Å². The molecule has 0 aliphatic rings. The molecule has 0 radical (unpaired) electrons. The summed E-state index contributed by atoms with van der Waals surface area (Å²) < 4.78 is 11.0. The number of hydrogen-bond acceptors (Lipinski definition) is 4. The van der Waals surface area contributed by atoms with Crippen LogP contribution in [0.1, 0.15) is 105 Å². The first kappa shape index (κ1) is 24.4. The molecule has 0 fully saturated rings. The van der Waals surface area contributed by atoms with Crippen molar-refractivity contribution in [3.63, 3.8) is 0 Å². The Morgan fingerprint density at radius 1 is 0.920 bits per heavy atom. The van der Waals surface area contributed by atoms with E-state index in [9.17, 15) is 4.79 Å². The summed E-state index contributed by atoms with van der Waals surface area (Å²) in [6.45, 7) is 9.99. The number of carbonyl (C=O) groups excluding carboxylic acids is 1. The minimum atomic E-state index is -1.08. The molecular formula is C21H42O4. The normalized spacial score (nSPS) is 14.3. The lowest BCUT2D eigenvalue weighted by atomic mass is 9.99. The lowest BCUT2D eigenvalue weighted by molar-refractivity contribution is -0.163. The molecular weight excluding hydrogens is 316 g/mol. The molecule has 0 aromatic carbocycles. The van der Waals surface area contributed by atoms with Crippen molar-refractivity contribution in [1.29, 1.82) is 0 Å². The second-order valence-corrected chi connectivity index (χ2v) is 7.93. The molecule has 0 aliphatic carbocycles. The van der Waals surface area contributed by atoms with E-state index in [-0.39, 0.29) is 11.7 Å². The summed E-state index contributed by atoms with van der Waals surface area (Å²) in [5.41, 5.74) is -0.203. The molecule has 0 amide bonds. The number of aliphatic hydroxyl groups is 1. The molecule has 0 spiro atoms. The summed E-state index contributed by atoms with van der Waals surface area (Å²) >= 11 is 0. The fourth-order valence-corrected chi connectivity index (χ4v) is 2.78. The summed E-state index contributed by atoms with van der Waals surface area (Å²) in [5.74, 6) is -0.594.